The van der Waals surface area contributed by atoms with Crippen molar-refractivity contribution >= 4 is 35.9 Å². The first-order valence-corrected chi connectivity index (χ1v) is 6.77. The summed E-state index contributed by atoms with van der Waals surface area (Å²) in [7, 11) is 3.22. The summed E-state index contributed by atoms with van der Waals surface area (Å²) in [4.78, 5) is 15.1. The molecule has 0 atom stereocenters. The fourth-order valence-electron chi connectivity index (χ4n) is 1.66. The van der Waals surface area contributed by atoms with Crippen molar-refractivity contribution in [1.29, 1.82) is 0 Å². The van der Waals surface area contributed by atoms with Gasteiger partial charge in [-0.25, -0.2) is 0 Å². The molecule has 0 aliphatic heterocycles. The van der Waals surface area contributed by atoms with Crippen molar-refractivity contribution in [1.82, 2.24) is 10.6 Å². The maximum Gasteiger partial charge on any atom is 0.305 e. The van der Waals surface area contributed by atoms with Crippen LogP contribution in [0.25, 0.3) is 0 Å². The van der Waals surface area contributed by atoms with Gasteiger partial charge in [-0.05, 0) is 31.6 Å². The molecule has 1 aliphatic carbocycles. The number of nitrogens with zero attached hydrogens (tertiary/aromatic N) is 1. The zero-order valence-electron chi connectivity index (χ0n) is 11.9. The van der Waals surface area contributed by atoms with Crippen LogP contribution in [0.15, 0.2) is 4.99 Å². The van der Waals surface area contributed by atoms with E-state index in [4.69, 9.17) is 0 Å². The molecule has 0 aromatic rings. The number of rotatable bonds is 8. The van der Waals surface area contributed by atoms with Crippen LogP contribution in [0.2, 0.25) is 0 Å². The Kier molecular flexibility index (Phi) is 11.0. The Hall–Kier alpha value is -0.530. The molecular weight excluding hydrogens is 357 g/mol. The molecule has 0 radical (unpaired) electrons. The van der Waals surface area contributed by atoms with Gasteiger partial charge in [-0.15, -0.1) is 24.0 Å². The molecule has 0 aromatic carbocycles. The number of hydrogen-bond donors (Lipinski definition) is 2. The van der Waals surface area contributed by atoms with Crippen LogP contribution < -0.4 is 10.6 Å². The third-order valence-corrected chi connectivity index (χ3v) is 3.06. The molecule has 1 fully saturated rings. The summed E-state index contributed by atoms with van der Waals surface area (Å²) >= 11 is 0. The minimum absolute atomic E-state index is 0. The number of unbranched alkanes of at least 4 members (excludes halogenated alkanes) is 2. The molecule has 2 N–H and O–H groups in total. The van der Waals surface area contributed by atoms with Crippen molar-refractivity contribution < 1.29 is 9.53 Å². The van der Waals surface area contributed by atoms with Crippen LogP contribution in [0.5, 0.6) is 0 Å². The lowest BCUT2D eigenvalue weighted by atomic mass is 10.2. The summed E-state index contributed by atoms with van der Waals surface area (Å²) in [5, 5.41) is 6.59. The normalized spacial score (nSPS) is 14.5. The fourth-order valence-corrected chi connectivity index (χ4v) is 1.66. The van der Waals surface area contributed by atoms with Gasteiger partial charge in [0.15, 0.2) is 5.96 Å². The molecule has 1 rings (SSSR count). The minimum Gasteiger partial charge on any atom is -0.469 e. The van der Waals surface area contributed by atoms with E-state index in [9.17, 15) is 4.79 Å². The lowest BCUT2D eigenvalue weighted by Gasteiger charge is -2.11. The van der Waals surface area contributed by atoms with Gasteiger partial charge in [0.25, 0.3) is 0 Å². The molecular formula is C13H26IN3O2. The molecule has 0 bridgehead atoms. The molecule has 0 unspecified atom stereocenters. The van der Waals surface area contributed by atoms with E-state index in [1.165, 1.54) is 20.0 Å². The van der Waals surface area contributed by atoms with Crippen LogP contribution in [0.4, 0.5) is 0 Å². The molecule has 112 valence electrons. The van der Waals surface area contributed by atoms with Crippen LogP contribution in [0.1, 0.15) is 38.5 Å². The molecule has 0 spiro atoms. The number of aliphatic imine (C=N–C) groups is 1. The van der Waals surface area contributed by atoms with E-state index in [0.717, 1.165) is 44.2 Å². The number of guanidine groups is 1. The Morgan fingerprint density at radius 1 is 1.26 bits per heavy atom. The van der Waals surface area contributed by atoms with E-state index in [0.29, 0.717) is 6.42 Å². The summed E-state index contributed by atoms with van der Waals surface area (Å²) < 4.78 is 4.59. The van der Waals surface area contributed by atoms with E-state index in [-0.39, 0.29) is 29.9 Å². The van der Waals surface area contributed by atoms with Crippen molar-refractivity contribution in [3.63, 3.8) is 0 Å². The van der Waals surface area contributed by atoms with Gasteiger partial charge >= 0.3 is 5.97 Å². The SMILES string of the molecule is CN=C(NCCCCCC(=O)OC)NCC1CC1.I. The van der Waals surface area contributed by atoms with Crippen LogP contribution >= 0.6 is 24.0 Å². The summed E-state index contributed by atoms with van der Waals surface area (Å²) in [6.45, 7) is 1.92. The van der Waals surface area contributed by atoms with Gasteiger partial charge in [-0.1, -0.05) is 6.42 Å². The zero-order chi connectivity index (χ0) is 13.2. The first-order chi connectivity index (χ1) is 8.76. The van der Waals surface area contributed by atoms with Crippen molar-refractivity contribution in [3.8, 4) is 0 Å². The van der Waals surface area contributed by atoms with Gasteiger partial charge in [0.1, 0.15) is 0 Å². The van der Waals surface area contributed by atoms with Crippen LogP contribution in [0, 0.1) is 5.92 Å². The molecule has 6 heteroatoms. The topological polar surface area (TPSA) is 62.7 Å². The predicted molar refractivity (Wildman–Crippen MR) is 88.0 cm³/mol. The van der Waals surface area contributed by atoms with E-state index in [1.54, 1.807) is 7.05 Å². The molecule has 0 aromatic heterocycles. The third kappa shape index (κ3) is 9.98. The van der Waals surface area contributed by atoms with Gasteiger partial charge in [0.2, 0.25) is 0 Å². The largest absolute Gasteiger partial charge is 0.469 e. The molecule has 0 amide bonds. The van der Waals surface area contributed by atoms with Crippen molar-refractivity contribution in [2.24, 2.45) is 10.9 Å². The lowest BCUT2D eigenvalue weighted by molar-refractivity contribution is -0.140. The van der Waals surface area contributed by atoms with Crippen LogP contribution in [0.3, 0.4) is 0 Å². The number of halogens is 1. The van der Waals surface area contributed by atoms with E-state index in [1.807, 2.05) is 0 Å². The Bertz CT molecular complexity index is 281. The first-order valence-electron chi connectivity index (χ1n) is 6.77. The summed E-state index contributed by atoms with van der Waals surface area (Å²) in [5.41, 5.74) is 0. The lowest BCUT2D eigenvalue weighted by Crippen LogP contribution is -2.38. The number of esters is 1. The zero-order valence-corrected chi connectivity index (χ0v) is 14.2. The van der Waals surface area contributed by atoms with Crippen LogP contribution in [-0.2, 0) is 9.53 Å². The third-order valence-electron chi connectivity index (χ3n) is 3.06. The molecule has 0 saturated heterocycles. The minimum atomic E-state index is -0.120. The summed E-state index contributed by atoms with van der Waals surface area (Å²) in [6.07, 6.45) is 6.17. The maximum atomic E-state index is 10.9. The van der Waals surface area contributed by atoms with Gasteiger partial charge in [-0.3, -0.25) is 9.79 Å². The standard InChI is InChI=1S/C13H25N3O2.HI/c1-14-13(16-10-11-7-8-11)15-9-5-3-4-6-12(17)18-2;/h11H,3-10H2,1-2H3,(H2,14,15,16);1H. The van der Waals surface area contributed by atoms with Crippen molar-refractivity contribution in [3.05, 3.63) is 0 Å². The Morgan fingerprint density at radius 2 is 2.00 bits per heavy atom. The molecule has 19 heavy (non-hydrogen) atoms. The highest BCUT2D eigenvalue weighted by Gasteiger charge is 2.20. The summed E-state index contributed by atoms with van der Waals surface area (Å²) in [5.74, 6) is 1.61. The average molecular weight is 383 g/mol. The highest BCUT2D eigenvalue weighted by molar-refractivity contribution is 14.0. The van der Waals surface area contributed by atoms with Gasteiger partial charge < -0.3 is 15.4 Å². The summed E-state index contributed by atoms with van der Waals surface area (Å²) in [6, 6.07) is 0. The average Bonchev–Trinajstić information content (AvgIpc) is 3.20. The Labute approximate surface area is 133 Å². The number of carbonyl (C=O) groups is 1. The van der Waals surface area contributed by atoms with E-state index in [2.05, 4.69) is 20.4 Å². The predicted octanol–water partition coefficient (Wildman–Crippen LogP) is 1.91. The van der Waals surface area contributed by atoms with Crippen LogP contribution in [-0.4, -0.2) is 39.2 Å². The number of hydrogen-bond acceptors (Lipinski definition) is 3. The second kappa shape index (κ2) is 11.3. The molecule has 1 aliphatic rings. The number of methoxy groups -OCH3 is 1. The second-order valence-corrected chi connectivity index (χ2v) is 4.71. The Balaban J connectivity index is 0.00000324. The van der Waals surface area contributed by atoms with Gasteiger partial charge in [-0.2, -0.15) is 0 Å². The molecule has 5 nitrogen and oxygen atoms in total. The molecule has 1 saturated carbocycles. The number of ether oxygens (including phenoxy) is 1. The first kappa shape index (κ1) is 18.5. The Morgan fingerprint density at radius 3 is 2.58 bits per heavy atom. The highest BCUT2D eigenvalue weighted by Crippen LogP contribution is 2.27. The van der Waals surface area contributed by atoms with Gasteiger partial charge in [0, 0.05) is 26.6 Å². The van der Waals surface area contributed by atoms with E-state index < -0.39 is 0 Å². The second-order valence-electron chi connectivity index (χ2n) is 4.71. The number of nitrogens with one attached hydrogen (secondary N) is 2. The maximum absolute atomic E-state index is 10.9. The molecule has 0 heterocycles. The quantitative estimate of drug-likeness (QED) is 0.221. The van der Waals surface area contributed by atoms with Crippen molar-refractivity contribution in [2.45, 2.75) is 38.5 Å². The highest BCUT2D eigenvalue weighted by atomic mass is 127. The smallest absolute Gasteiger partial charge is 0.305 e. The number of carbonyl (C=O) groups excluding carboxylic acids is 1. The van der Waals surface area contributed by atoms with E-state index >= 15 is 0 Å². The fraction of sp³-hybridized carbons (Fsp3) is 0.846. The van der Waals surface area contributed by atoms with Gasteiger partial charge in [0.05, 0.1) is 7.11 Å². The van der Waals surface area contributed by atoms with Crippen molar-refractivity contribution in [2.75, 3.05) is 27.2 Å². The monoisotopic (exact) mass is 383 g/mol.